The van der Waals surface area contributed by atoms with E-state index in [-0.39, 0.29) is 0 Å². The molecule has 12 heavy (non-hydrogen) atoms. The van der Waals surface area contributed by atoms with Crippen molar-refractivity contribution in [2.24, 2.45) is 0 Å². The van der Waals surface area contributed by atoms with Gasteiger partial charge in [0, 0.05) is 23.2 Å². The quantitative estimate of drug-likeness (QED) is 0.564. The Morgan fingerprint density at radius 2 is 1.58 bits per heavy atom. The highest BCUT2D eigenvalue weighted by Crippen LogP contribution is 2.14. The van der Waals surface area contributed by atoms with Gasteiger partial charge in [-0.3, -0.25) is 0 Å². The molecule has 5 heteroatoms. The molecule has 0 aliphatic carbocycles. The van der Waals surface area contributed by atoms with Gasteiger partial charge >= 0.3 is 0 Å². The molecule has 2 aromatic rings. The number of thiocarbonyl (C=S) groups is 1. The summed E-state index contributed by atoms with van der Waals surface area (Å²) in [5, 5.41) is 5.57. The molecule has 0 fully saturated rings. The highest BCUT2D eigenvalue weighted by Gasteiger charge is 2.08. The van der Waals surface area contributed by atoms with Crippen molar-refractivity contribution in [3.63, 3.8) is 0 Å². The first-order valence-electron chi connectivity index (χ1n) is 3.21. The molecule has 0 bridgehead atoms. The molecule has 0 spiro atoms. The minimum atomic E-state index is 0.750. The predicted octanol–water partition coefficient (Wildman–Crippen LogP) is 2.37. The van der Waals surface area contributed by atoms with Crippen molar-refractivity contribution < 1.29 is 0 Å². The lowest BCUT2D eigenvalue weighted by Gasteiger charge is -1.91. The molecule has 0 saturated carbocycles. The van der Waals surface area contributed by atoms with E-state index in [1.807, 2.05) is 10.8 Å². The summed E-state index contributed by atoms with van der Waals surface area (Å²) in [5.41, 5.74) is 0. The Labute approximate surface area is 82.9 Å². The van der Waals surface area contributed by atoms with E-state index in [9.17, 15) is 0 Å². The first-order chi connectivity index (χ1) is 5.88. The zero-order valence-electron chi connectivity index (χ0n) is 5.93. The largest absolute Gasteiger partial charge is 0.244 e. The topological polar surface area (TPSA) is 25.8 Å². The Morgan fingerprint density at radius 1 is 1.08 bits per heavy atom. The summed E-state index contributed by atoms with van der Waals surface area (Å²) >= 11 is 8.28. The van der Waals surface area contributed by atoms with Crippen molar-refractivity contribution in [3.8, 4) is 0 Å². The van der Waals surface area contributed by atoms with E-state index in [1.54, 1.807) is 35.1 Å². The molecule has 2 nitrogen and oxygen atoms in total. The molecule has 0 atom stereocenters. The molecule has 0 aliphatic heterocycles. The van der Waals surface area contributed by atoms with E-state index in [1.165, 1.54) is 0 Å². The van der Waals surface area contributed by atoms with Crippen LogP contribution < -0.4 is 0 Å². The molecule has 60 valence electrons. The Bertz CT molecular complexity index is 327. The van der Waals surface area contributed by atoms with Gasteiger partial charge in [-0.15, -0.1) is 22.7 Å². The molecule has 0 saturated heterocycles. The summed E-state index contributed by atoms with van der Waals surface area (Å²) in [6.07, 6.45) is 3.50. The van der Waals surface area contributed by atoms with Crippen LogP contribution in [0.3, 0.4) is 0 Å². The van der Waals surface area contributed by atoms with Crippen LogP contribution in [0.4, 0.5) is 0 Å². The minimum absolute atomic E-state index is 0.750. The third-order valence-corrected chi connectivity index (χ3v) is 3.48. The number of rotatable bonds is 2. The monoisotopic (exact) mass is 212 g/mol. The second-order valence-electron chi connectivity index (χ2n) is 2.00. The molecule has 0 unspecified atom stereocenters. The van der Waals surface area contributed by atoms with Gasteiger partial charge in [0.15, 0.2) is 0 Å². The summed E-state index contributed by atoms with van der Waals surface area (Å²) < 4.78 is 0. The fourth-order valence-corrected chi connectivity index (χ4v) is 2.37. The van der Waals surface area contributed by atoms with Crippen LogP contribution in [0.1, 0.15) is 10.0 Å². The zero-order chi connectivity index (χ0) is 8.39. The van der Waals surface area contributed by atoms with Gasteiger partial charge in [0.25, 0.3) is 0 Å². The standard InChI is InChI=1S/C7H4N2S3/c10-5(6-8-1-3-11-6)7-9-2-4-12-7/h1-4H. The number of hydrogen-bond acceptors (Lipinski definition) is 5. The second kappa shape index (κ2) is 3.38. The van der Waals surface area contributed by atoms with Crippen LogP contribution in [0.2, 0.25) is 0 Å². The van der Waals surface area contributed by atoms with Crippen LogP contribution in [0.15, 0.2) is 23.2 Å². The number of aromatic nitrogens is 2. The average molecular weight is 212 g/mol. The van der Waals surface area contributed by atoms with Crippen molar-refractivity contribution in [1.29, 1.82) is 0 Å². The summed E-state index contributed by atoms with van der Waals surface area (Å²) in [4.78, 5) is 8.98. The lowest BCUT2D eigenvalue weighted by atomic mass is 10.5. The van der Waals surface area contributed by atoms with Gasteiger partial charge in [-0.25, -0.2) is 9.97 Å². The predicted molar refractivity (Wildman–Crippen MR) is 55.0 cm³/mol. The molecule has 0 radical (unpaired) electrons. The number of thiazole rings is 2. The van der Waals surface area contributed by atoms with Crippen LogP contribution in [0.25, 0.3) is 0 Å². The van der Waals surface area contributed by atoms with Gasteiger partial charge in [0.1, 0.15) is 14.9 Å². The molecule has 0 aliphatic rings. The van der Waals surface area contributed by atoms with Crippen LogP contribution in [0.5, 0.6) is 0 Å². The first kappa shape index (κ1) is 7.97. The highest BCUT2D eigenvalue weighted by atomic mass is 32.1. The normalized spacial score (nSPS) is 10.0. The van der Waals surface area contributed by atoms with Gasteiger partial charge in [-0.05, 0) is 0 Å². The molecule has 2 heterocycles. The van der Waals surface area contributed by atoms with Gasteiger partial charge in [0.05, 0.1) is 0 Å². The van der Waals surface area contributed by atoms with Gasteiger partial charge < -0.3 is 0 Å². The lowest BCUT2D eigenvalue weighted by Crippen LogP contribution is -1.96. The lowest BCUT2D eigenvalue weighted by molar-refractivity contribution is 1.36. The summed E-state index contributed by atoms with van der Waals surface area (Å²) in [6.45, 7) is 0. The van der Waals surface area contributed by atoms with E-state index >= 15 is 0 Å². The van der Waals surface area contributed by atoms with Gasteiger partial charge in [-0.2, -0.15) is 0 Å². The summed E-state index contributed by atoms with van der Waals surface area (Å²) in [6, 6.07) is 0. The minimum Gasteiger partial charge on any atom is -0.244 e. The highest BCUT2D eigenvalue weighted by molar-refractivity contribution is 7.82. The second-order valence-corrected chi connectivity index (χ2v) is 4.20. The van der Waals surface area contributed by atoms with E-state index in [0.29, 0.717) is 0 Å². The van der Waals surface area contributed by atoms with Crippen LogP contribution in [-0.2, 0) is 0 Å². The SMILES string of the molecule is S=C(c1nccs1)c1nccs1. The van der Waals surface area contributed by atoms with Crippen LogP contribution in [0, 0.1) is 0 Å². The van der Waals surface area contributed by atoms with Crippen molar-refractivity contribution >= 4 is 39.8 Å². The molecule has 2 aromatic heterocycles. The third-order valence-electron chi connectivity index (χ3n) is 1.25. The van der Waals surface area contributed by atoms with Crippen molar-refractivity contribution in [2.45, 2.75) is 0 Å². The number of nitrogens with zero attached hydrogens (tertiary/aromatic N) is 2. The fourth-order valence-electron chi connectivity index (χ4n) is 0.763. The van der Waals surface area contributed by atoms with E-state index < -0.39 is 0 Å². The number of hydrogen-bond donors (Lipinski definition) is 0. The maximum Gasteiger partial charge on any atom is 0.137 e. The third kappa shape index (κ3) is 1.43. The van der Waals surface area contributed by atoms with E-state index in [2.05, 4.69) is 9.97 Å². The Morgan fingerprint density at radius 3 is 1.92 bits per heavy atom. The molecular weight excluding hydrogens is 208 g/mol. The Balaban J connectivity index is 2.34. The average Bonchev–Trinajstić information content (AvgIpc) is 2.77. The molecule has 0 amide bonds. The smallest absolute Gasteiger partial charge is 0.137 e. The van der Waals surface area contributed by atoms with E-state index in [0.717, 1.165) is 14.9 Å². The van der Waals surface area contributed by atoms with E-state index in [4.69, 9.17) is 12.2 Å². The summed E-state index contributed by atoms with van der Waals surface area (Å²) in [5.74, 6) is 0. The molecule has 0 aromatic carbocycles. The van der Waals surface area contributed by atoms with Gasteiger partial charge in [-0.1, -0.05) is 12.2 Å². The molecular formula is C7H4N2S3. The van der Waals surface area contributed by atoms with Crippen LogP contribution >= 0.6 is 34.9 Å². The van der Waals surface area contributed by atoms with Crippen molar-refractivity contribution in [1.82, 2.24) is 9.97 Å². The molecule has 2 rings (SSSR count). The van der Waals surface area contributed by atoms with Crippen molar-refractivity contribution in [3.05, 3.63) is 33.2 Å². The Hall–Kier alpha value is -0.650. The van der Waals surface area contributed by atoms with Crippen LogP contribution in [-0.4, -0.2) is 14.8 Å². The fraction of sp³-hybridized carbons (Fsp3) is 0. The maximum absolute atomic E-state index is 5.19. The zero-order valence-corrected chi connectivity index (χ0v) is 8.38. The summed E-state index contributed by atoms with van der Waals surface area (Å²) in [7, 11) is 0. The first-order valence-corrected chi connectivity index (χ1v) is 5.38. The molecule has 0 N–H and O–H groups in total. The van der Waals surface area contributed by atoms with Crippen molar-refractivity contribution in [2.75, 3.05) is 0 Å². The Kier molecular flexibility index (Phi) is 2.25. The maximum atomic E-state index is 5.19. The van der Waals surface area contributed by atoms with Gasteiger partial charge in [0.2, 0.25) is 0 Å².